The summed E-state index contributed by atoms with van der Waals surface area (Å²) in [7, 11) is 1.39. The Morgan fingerprint density at radius 2 is 2.15 bits per heavy atom. The van der Waals surface area contributed by atoms with Gasteiger partial charge in [-0.2, -0.15) is 0 Å². The number of hydrogen-bond donors (Lipinski definition) is 0. The Morgan fingerprint density at radius 1 is 1.45 bits per heavy atom. The highest BCUT2D eigenvalue weighted by Gasteiger charge is 2.35. The molecule has 0 radical (unpaired) electrons. The van der Waals surface area contributed by atoms with Crippen LogP contribution in [0.3, 0.4) is 0 Å². The van der Waals surface area contributed by atoms with Crippen LogP contribution in [-0.2, 0) is 16.1 Å². The number of carbonyl (C=O) groups is 1. The number of esters is 1. The maximum Gasteiger partial charge on any atom is 0.310 e. The molecule has 6 heteroatoms. The molecule has 2 unspecified atom stereocenters. The van der Waals surface area contributed by atoms with E-state index in [4.69, 9.17) is 4.74 Å². The molecule has 1 aliphatic rings. The van der Waals surface area contributed by atoms with Crippen LogP contribution < -0.4 is 0 Å². The molecule has 0 aromatic heterocycles. The Labute approximate surface area is 117 Å². The Morgan fingerprint density at radius 3 is 2.80 bits per heavy atom. The number of nitro groups is 1. The van der Waals surface area contributed by atoms with Gasteiger partial charge in [-0.3, -0.25) is 19.8 Å². The number of para-hydroxylation sites is 1. The first-order chi connectivity index (χ1) is 9.52. The molecule has 20 heavy (non-hydrogen) atoms. The SMILES string of the molecule is COC(=O)C1CN(Cc2ccccc2[N+](=O)[O-])CC1C. The molecule has 0 bridgehead atoms. The number of likely N-dealkylation sites (tertiary alicyclic amines) is 1. The van der Waals surface area contributed by atoms with Crippen molar-refractivity contribution in [2.24, 2.45) is 11.8 Å². The fourth-order valence-electron chi connectivity index (χ4n) is 2.72. The zero-order valence-electron chi connectivity index (χ0n) is 11.6. The van der Waals surface area contributed by atoms with Crippen LogP contribution in [-0.4, -0.2) is 36.0 Å². The van der Waals surface area contributed by atoms with Crippen molar-refractivity contribution < 1.29 is 14.5 Å². The van der Waals surface area contributed by atoms with Gasteiger partial charge in [-0.1, -0.05) is 25.1 Å². The summed E-state index contributed by atoms with van der Waals surface area (Å²) in [6.45, 7) is 3.81. The van der Waals surface area contributed by atoms with E-state index in [0.29, 0.717) is 18.7 Å². The fraction of sp³-hybridized carbons (Fsp3) is 0.500. The normalized spacial score (nSPS) is 22.7. The predicted molar refractivity (Wildman–Crippen MR) is 73.0 cm³/mol. The largest absolute Gasteiger partial charge is 0.469 e. The molecule has 1 heterocycles. The molecule has 2 atom stereocenters. The topological polar surface area (TPSA) is 72.7 Å². The first-order valence-electron chi connectivity index (χ1n) is 6.55. The maximum atomic E-state index is 11.6. The van der Waals surface area contributed by atoms with Gasteiger partial charge in [0.25, 0.3) is 5.69 Å². The average Bonchev–Trinajstić information content (AvgIpc) is 2.79. The molecule has 0 spiro atoms. The summed E-state index contributed by atoms with van der Waals surface area (Å²) in [6, 6.07) is 6.71. The van der Waals surface area contributed by atoms with Gasteiger partial charge in [-0.25, -0.2) is 0 Å². The number of carbonyl (C=O) groups excluding carboxylic acids is 1. The highest BCUT2D eigenvalue weighted by atomic mass is 16.6. The number of methoxy groups -OCH3 is 1. The van der Waals surface area contributed by atoms with Crippen molar-refractivity contribution in [3.8, 4) is 0 Å². The van der Waals surface area contributed by atoms with Gasteiger partial charge in [0, 0.05) is 31.3 Å². The third-order valence-electron chi connectivity index (χ3n) is 3.77. The lowest BCUT2D eigenvalue weighted by molar-refractivity contribution is -0.385. The lowest BCUT2D eigenvalue weighted by Gasteiger charge is -2.15. The maximum absolute atomic E-state index is 11.6. The summed E-state index contributed by atoms with van der Waals surface area (Å²) in [6.07, 6.45) is 0. The first kappa shape index (κ1) is 14.5. The zero-order chi connectivity index (χ0) is 14.7. The molecular weight excluding hydrogens is 260 g/mol. The van der Waals surface area contributed by atoms with E-state index in [2.05, 4.69) is 4.90 Å². The number of hydrogen-bond acceptors (Lipinski definition) is 5. The molecule has 1 saturated heterocycles. The molecule has 6 nitrogen and oxygen atoms in total. The van der Waals surface area contributed by atoms with Gasteiger partial charge in [0.2, 0.25) is 0 Å². The molecule has 0 N–H and O–H groups in total. The first-order valence-corrected chi connectivity index (χ1v) is 6.55. The highest BCUT2D eigenvalue weighted by Crippen LogP contribution is 2.27. The van der Waals surface area contributed by atoms with Gasteiger partial charge in [0.1, 0.15) is 0 Å². The van der Waals surface area contributed by atoms with Gasteiger partial charge in [0.05, 0.1) is 18.0 Å². The summed E-state index contributed by atoms with van der Waals surface area (Å²) in [5.41, 5.74) is 0.803. The number of nitrogens with zero attached hydrogens (tertiary/aromatic N) is 2. The summed E-state index contributed by atoms with van der Waals surface area (Å²) in [5.74, 6) is -0.157. The van der Waals surface area contributed by atoms with Crippen LogP contribution >= 0.6 is 0 Å². The van der Waals surface area contributed by atoms with Crippen LogP contribution in [0.25, 0.3) is 0 Å². The highest BCUT2D eigenvalue weighted by molar-refractivity contribution is 5.73. The van der Waals surface area contributed by atoms with Crippen molar-refractivity contribution in [1.82, 2.24) is 4.90 Å². The monoisotopic (exact) mass is 278 g/mol. The van der Waals surface area contributed by atoms with Crippen LogP contribution in [0.5, 0.6) is 0 Å². The van der Waals surface area contributed by atoms with Crippen LogP contribution in [0.4, 0.5) is 5.69 Å². The number of nitro benzene ring substituents is 1. The van der Waals surface area contributed by atoms with E-state index in [1.807, 2.05) is 6.92 Å². The van der Waals surface area contributed by atoms with E-state index in [1.54, 1.807) is 18.2 Å². The van der Waals surface area contributed by atoms with Crippen molar-refractivity contribution in [3.63, 3.8) is 0 Å². The quantitative estimate of drug-likeness (QED) is 0.477. The van der Waals surface area contributed by atoms with Crippen molar-refractivity contribution in [3.05, 3.63) is 39.9 Å². The smallest absolute Gasteiger partial charge is 0.310 e. The van der Waals surface area contributed by atoms with Crippen molar-refractivity contribution in [2.45, 2.75) is 13.5 Å². The van der Waals surface area contributed by atoms with Gasteiger partial charge in [-0.15, -0.1) is 0 Å². The molecule has 1 aromatic rings. The van der Waals surface area contributed by atoms with Crippen LogP contribution in [0.2, 0.25) is 0 Å². The Balaban J connectivity index is 2.09. The van der Waals surface area contributed by atoms with Gasteiger partial charge >= 0.3 is 5.97 Å². The Bertz CT molecular complexity index is 518. The minimum Gasteiger partial charge on any atom is -0.469 e. The number of ether oxygens (including phenoxy) is 1. The third-order valence-corrected chi connectivity index (χ3v) is 3.77. The molecule has 0 amide bonds. The molecule has 1 fully saturated rings. The van der Waals surface area contributed by atoms with E-state index in [9.17, 15) is 14.9 Å². The van der Waals surface area contributed by atoms with E-state index >= 15 is 0 Å². The van der Waals surface area contributed by atoms with Crippen molar-refractivity contribution in [2.75, 3.05) is 20.2 Å². The third kappa shape index (κ3) is 2.96. The second kappa shape index (κ2) is 6.00. The molecule has 0 aliphatic carbocycles. The zero-order valence-corrected chi connectivity index (χ0v) is 11.6. The lowest BCUT2D eigenvalue weighted by Crippen LogP contribution is -2.24. The second-order valence-electron chi connectivity index (χ2n) is 5.19. The van der Waals surface area contributed by atoms with E-state index in [1.165, 1.54) is 13.2 Å². The minimum absolute atomic E-state index is 0.127. The lowest BCUT2D eigenvalue weighted by atomic mass is 9.99. The molecule has 1 aromatic carbocycles. The van der Waals surface area contributed by atoms with E-state index < -0.39 is 0 Å². The summed E-state index contributed by atoms with van der Waals surface area (Å²) >= 11 is 0. The Hall–Kier alpha value is -1.95. The summed E-state index contributed by atoms with van der Waals surface area (Å²) in [4.78, 5) is 24.3. The van der Waals surface area contributed by atoms with Crippen LogP contribution in [0, 0.1) is 22.0 Å². The minimum atomic E-state index is -0.368. The Kier molecular flexibility index (Phi) is 4.34. The molecule has 2 rings (SSSR count). The van der Waals surface area contributed by atoms with E-state index in [-0.39, 0.29) is 28.4 Å². The average molecular weight is 278 g/mol. The van der Waals surface area contributed by atoms with E-state index in [0.717, 1.165) is 6.54 Å². The molecular formula is C14H18N2O4. The number of benzene rings is 1. The predicted octanol–water partition coefficient (Wildman–Crippen LogP) is 1.84. The van der Waals surface area contributed by atoms with Gasteiger partial charge in [0.15, 0.2) is 0 Å². The van der Waals surface area contributed by atoms with Crippen LogP contribution in [0.15, 0.2) is 24.3 Å². The molecule has 0 saturated carbocycles. The van der Waals surface area contributed by atoms with Crippen molar-refractivity contribution in [1.29, 1.82) is 0 Å². The van der Waals surface area contributed by atoms with Crippen molar-refractivity contribution >= 4 is 11.7 Å². The van der Waals surface area contributed by atoms with Gasteiger partial charge < -0.3 is 4.74 Å². The summed E-state index contributed by atoms with van der Waals surface area (Å²) < 4.78 is 4.79. The van der Waals surface area contributed by atoms with Gasteiger partial charge in [-0.05, 0) is 5.92 Å². The fourth-order valence-corrected chi connectivity index (χ4v) is 2.72. The van der Waals surface area contributed by atoms with Crippen LogP contribution in [0.1, 0.15) is 12.5 Å². The molecule has 1 aliphatic heterocycles. The summed E-state index contributed by atoms with van der Waals surface area (Å²) in [5, 5.41) is 11.0. The standard InChI is InChI=1S/C14H18N2O4/c1-10-7-15(9-12(10)14(17)20-2)8-11-5-3-4-6-13(11)16(18)19/h3-6,10,12H,7-9H2,1-2H3. The number of rotatable bonds is 4. The molecule has 108 valence electrons. The second-order valence-corrected chi connectivity index (χ2v) is 5.19.